The number of likely N-dealkylation sites (N-methyl/N-ethyl adjacent to an activating group) is 1. The molecule has 2 N–H and O–H groups in total. The summed E-state index contributed by atoms with van der Waals surface area (Å²) in [6, 6.07) is 0.463. The van der Waals surface area contributed by atoms with Crippen molar-refractivity contribution in [3.05, 3.63) is 17.5 Å². The third kappa shape index (κ3) is 3.81. The minimum absolute atomic E-state index is 0.00927. The van der Waals surface area contributed by atoms with Gasteiger partial charge in [0.1, 0.15) is 0 Å². The van der Waals surface area contributed by atoms with Gasteiger partial charge in [0, 0.05) is 43.9 Å². The van der Waals surface area contributed by atoms with Crippen molar-refractivity contribution in [2.45, 2.75) is 45.2 Å². The number of aryl methyl sites for hydroxylation is 1. The number of hydrogen-bond donors (Lipinski definition) is 1. The lowest BCUT2D eigenvalue weighted by Gasteiger charge is -2.33. The van der Waals surface area contributed by atoms with E-state index in [1.807, 2.05) is 11.7 Å². The molecule has 0 bridgehead atoms. The van der Waals surface area contributed by atoms with Crippen LogP contribution >= 0.6 is 0 Å². The molecule has 1 aromatic heterocycles. The van der Waals surface area contributed by atoms with Crippen LogP contribution in [0.25, 0.3) is 0 Å². The molecular weight excluding hydrogens is 252 g/mol. The predicted molar refractivity (Wildman–Crippen MR) is 82.8 cm³/mol. The number of hydrogen-bond acceptors (Lipinski definition) is 4. The standard InChI is InChI=1S/C15H30N4O/c1-11(10-20-7)19(6)13(8-16)12-9-18(5)17-14(12)15(2,3)4/h9,11,13H,8,10,16H2,1-7H3. The molecule has 0 saturated heterocycles. The molecule has 5 nitrogen and oxygen atoms in total. The second-order valence-corrected chi connectivity index (χ2v) is 6.58. The van der Waals surface area contributed by atoms with Crippen LogP contribution in [0.2, 0.25) is 0 Å². The Balaban J connectivity index is 3.12. The van der Waals surface area contributed by atoms with Crippen LogP contribution in [0, 0.1) is 0 Å². The number of aromatic nitrogens is 2. The minimum Gasteiger partial charge on any atom is -0.383 e. The van der Waals surface area contributed by atoms with Crippen molar-refractivity contribution < 1.29 is 4.74 Å². The van der Waals surface area contributed by atoms with Gasteiger partial charge in [0.15, 0.2) is 0 Å². The second kappa shape index (κ2) is 6.70. The Kier molecular flexibility index (Phi) is 5.74. The van der Waals surface area contributed by atoms with Gasteiger partial charge in [-0.2, -0.15) is 5.10 Å². The van der Waals surface area contributed by atoms with Gasteiger partial charge < -0.3 is 10.5 Å². The van der Waals surface area contributed by atoms with E-state index in [-0.39, 0.29) is 11.5 Å². The third-order valence-electron chi connectivity index (χ3n) is 3.74. The van der Waals surface area contributed by atoms with Gasteiger partial charge >= 0.3 is 0 Å². The highest BCUT2D eigenvalue weighted by molar-refractivity contribution is 5.28. The molecule has 0 radical (unpaired) electrons. The van der Waals surface area contributed by atoms with Gasteiger partial charge in [-0.05, 0) is 14.0 Å². The molecule has 2 atom stereocenters. The van der Waals surface area contributed by atoms with E-state index < -0.39 is 0 Å². The molecule has 0 aliphatic rings. The van der Waals surface area contributed by atoms with Crippen molar-refractivity contribution in [1.29, 1.82) is 0 Å². The average molecular weight is 282 g/mol. The molecular formula is C15H30N4O. The molecule has 1 heterocycles. The van der Waals surface area contributed by atoms with Crippen LogP contribution in [0.1, 0.15) is 45.0 Å². The van der Waals surface area contributed by atoms with E-state index in [1.165, 1.54) is 5.56 Å². The summed E-state index contributed by atoms with van der Waals surface area (Å²) >= 11 is 0. The van der Waals surface area contributed by atoms with Crippen molar-refractivity contribution >= 4 is 0 Å². The van der Waals surface area contributed by atoms with E-state index >= 15 is 0 Å². The van der Waals surface area contributed by atoms with Crippen molar-refractivity contribution in [3.8, 4) is 0 Å². The lowest BCUT2D eigenvalue weighted by molar-refractivity contribution is 0.0905. The lowest BCUT2D eigenvalue weighted by Crippen LogP contribution is -2.40. The Morgan fingerprint density at radius 1 is 1.45 bits per heavy atom. The monoisotopic (exact) mass is 282 g/mol. The van der Waals surface area contributed by atoms with Crippen molar-refractivity contribution in [1.82, 2.24) is 14.7 Å². The van der Waals surface area contributed by atoms with E-state index in [2.05, 4.69) is 50.9 Å². The molecule has 0 fully saturated rings. The summed E-state index contributed by atoms with van der Waals surface area (Å²) in [6.07, 6.45) is 2.09. The Bertz CT molecular complexity index is 422. The molecule has 0 aromatic carbocycles. The molecule has 5 heteroatoms. The van der Waals surface area contributed by atoms with Gasteiger partial charge in [-0.25, -0.2) is 0 Å². The topological polar surface area (TPSA) is 56.3 Å². The zero-order chi connectivity index (χ0) is 15.5. The first kappa shape index (κ1) is 17.1. The first-order valence-electron chi connectivity index (χ1n) is 7.17. The highest BCUT2D eigenvalue weighted by atomic mass is 16.5. The quantitative estimate of drug-likeness (QED) is 0.862. The van der Waals surface area contributed by atoms with Gasteiger partial charge in [0.2, 0.25) is 0 Å². The van der Waals surface area contributed by atoms with Crippen LogP contribution in [0.3, 0.4) is 0 Å². The van der Waals surface area contributed by atoms with Gasteiger partial charge in [-0.1, -0.05) is 20.8 Å². The zero-order valence-electron chi connectivity index (χ0n) is 14.0. The van der Waals surface area contributed by atoms with Crippen molar-refractivity contribution in [2.24, 2.45) is 12.8 Å². The fourth-order valence-corrected chi connectivity index (χ4v) is 2.51. The summed E-state index contributed by atoms with van der Waals surface area (Å²) in [6.45, 7) is 9.97. The van der Waals surface area contributed by atoms with Crippen LogP contribution in [0.5, 0.6) is 0 Å². The van der Waals surface area contributed by atoms with E-state index in [0.717, 1.165) is 5.69 Å². The molecule has 20 heavy (non-hydrogen) atoms. The number of rotatable bonds is 6. The maximum absolute atomic E-state index is 6.04. The molecule has 116 valence electrons. The maximum atomic E-state index is 6.04. The van der Waals surface area contributed by atoms with Crippen LogP contribution < -0.4 is 5.73 Å². The summed E-state index contributed by atoms with van der Waals surface area (Å²) < 4.78 is 7.14. The van der Waals surface area contributed by atoms with E-state index in [0.29, 0.717) is 19.2 Å². The summed E-state index contributed by atoms with van der Waals surface area (Å²) in [4.78, 5) is 2.27. The molecule has 0 aliphatic carbocycles. The molecule has 1 rings (SSSR count). The normalized spacial score (nSPS) is 15.7. The Morgan fingerprint density at radius 3 is 2.50 bits per heavy atom. The minimum atomic E-state index is 0.00927. The number of ether oxygens (including phenoxy) is 1. The zero-order valence-corrected chi connectivity index (χ0v) is 14.0. The fourth-order valence-electron chi connectivity index (χ4n) is 2.51. The number of nitrogens with two attached hydrogens (primary N) is 1. The summed E-state index contributed by atoms with van der Waals surface area (Å²) in [5, 5.41) is 4.64. The van der Waals surface area contributed by atoms with Crippen LogP contribution in [-0.4, -0.2) is 48.0 Å². The smallest absolute Gasteiger partial charge is 0.0726 e. The first-order chi connectivity index (χ1) is 9.22. The van der Waals surface area contributed by atoms with Crippen LogP contribution in [0.15, 0.2) is 6.20 Å². The Hall–Kier alpha value is -0.910. The predicted octanol–water partition coefficient (Wildman–Crippen LogP) is 1.68. The molecule has 0 saturated carbocycles. The number of methoxy groups -OCH3 is 1. The van der Waals surface area contributed by atoms with Gasteiger partial charge in [0.25, 0.3) is 0 Å². The maximum Gasteiger partial charge on any atom is 0.0726 e. The van der Waals surface area contributed by atoms with Crippen LogP contribution in [0.4, 0.5) is 0 Å². The van der Waals surface area contributed by atoms with Gasteiger partial charge in [-0.15, -0.1) is 0 Å². The Labute approximate surface area is 123 Å². The third-order valence-corrected chi connectivity index (χ3v) is 3.74. The van der Waals surface area contributed by atoms with E-state index in [9.17, 15) is 0 Å². The Morgan fingerprint density at radius 2 is 2.05 bits per heavy atom. The van der Waals surface area contributed by atoms with Crippen LogP contribution in [-0.2, 0) is 17.2 Å². The van der Waals surface area contributed by atoms with Gasteiger partial charge in [-0.3, -0.25) is 9.58 Å². The van der Waals surface area contributed by atoms with Crippen molar-refractivity contribution in [3.63, 3.8) is 0 Å². The first-order valence-corrected chi connectivity index (χ1v) is 7.17. The SMILES string of the molecule is COCC(C)N(C)C(CN)c1cn(C)nc1C(C)(C)C. The molecule has 2 unspecified atom stereocenters. The second-order valence-electron chi connectivity index (χ2n) is 6.58. The highest BCUT2D eigenvalue weighted by Gasteiger charge is 2.29. The number of nitrogens with zero attached hydrogens (tertiary/aromatic N) is 3. The average Bonchev–Trinajstić information content (AvgIpc) is 2.72. The molecule has 0 amide bonds. The van der Waals surface area contributed by atoms with Crippen molar-refractivity contribution in [2.75, 3.05) is 27.3 Å². The molecule has 0 spiro atoms. The summed E-state index contributed by atoms with van der Waals surface area (Å²) in [5.74, 6) is 0. The summed E-state index contributed by atoms with van der Waals surface area (Å²) in [5.41, 5.74) is 8.38. The van der Waals surface area contributed by atoms with E-state index in [4.69, 9.17) is 10.5 Å². The van der Waals surface area contributed by atoms with Gasteiger partial charge in [0.05, 0.1) is 18.3 Å². The highest BCUT2D eigenvalue weighted by Crippen LogP contribution is 2.31. The largest absolute Gasteiger partial charge is 0.383 e. The lowest BCUT2D eigenvalue weighted by atomic mass is 9.87. The molecule has 1 aromatic rings. The van der Waals surface area contributed by atoms with E-state index in [1.54, 1.807) is 7.11 Å². The summed E-state index contributed by atoms with van der Waals surface area (Å²) in [7, 11) is 5.79. The molecule has 0 aliphatic heterocycles. The fraction of sp³-hybridized carbons (Fsp3) is 0.800.